The Morgan fingerprint density at radius 3 is 1.59 bits per heavy atom. The maximum absolute atomic E-state index is 13.6. The van der Waals surface area contributed by atoms with Crippen molar-refractivity contribution in [1.82, 2.24) is 5.32 Å². The first-order valence-electron chi connectivity index (χ1n) is 17.3. The topological polar surface area (TPSA) is 90.9 Å². The second-order valence-electron chi connectivity index (χ2n) is 12.3. The highest BCUT2D eigenvalue weighted by molar-refractivity contribution is 5.99. The van der Waals surface area contributed by atoms with E-state index in [4.69, 9.17) is 14.2 Å². The third kappa shape index (κ3) is 11.6. The molecule has 7 heteroatoms. The molecule has 0 unspecified atom stereocenters. The minimum atomic E-state index is -0.265. The summed E-state index contributed by atoms with van der Waals surface area (Å²) in [6.45, 7) is 0.603. The third-order valence-electron chi connectivity index (χ3n) is 8.74. The Morgan fingerprint density at radius 1 is 0.551 bits per heavy atom. The van der Waals surface area contributed by atoms with E-state index in [9.17, 15) is 14.4 Å². The normalized spacial score (nSPS) is 10.8. The first-order chi connectivity index (χ1) is 23.9. The van der Waals surface area contributed by atoms with E-state index in [1.54, 1.807) is 7.11 Å². The van der Waals surface area contributed by atoms with Crippen LogP contribution in [-0.2, 0) is 38.3 Å². The smallest absolute Gasteiger partial charge is 0.305 e. The Balaban J connectivity index is 1.49. The Kier molecular flexibility index (Phi) is 14.9. The van der Waals surface area contributed by atoms with Crippen molar-refractivity contribution < 1.29 is 28.6 Å². The standard InChI is InChI=1S/C42H49NO6/c1-47-39(44)24-22-32-18-13-20-34(27-32)37-29-36(42(46)43-26-12-7-5-4-6-9-15-31-16-10-8-11-17-31)30-38(41(37)49-3)35-21-14-19-33(28-35)23-25-40(45)48-2/h8,10-11,13-14,16-21,27-30H,4-7,9,12,15,22-26H2,1-3H3,(H,43,46). The van der Waals surface area contributed by atoms with Gasteiger partial charge < -0.3 is 19.5 Å². The Hall–Kier alpha value is -4.91. The monoisotopic (exact) mass is 663 g/mol. The van der Waals surface area contributed by atoms with Gasteiger partial charge in [0, 0.05) is 36.1 Å². The number of hydrogen-bond donors (Lipinski definition) is 1. The molecule has 0 fully saturated rings. The highest BCUT2D eigenvalue weighted by Gasteiger charge is 2.19. The zero-order valence-corrected chi connectivity index (χ0v) is 29.1. The molecule has 4 aromatic carbocycles. The molecule has 0 aromatic heterocycles. The number of amides is 1. The molecule has 0 heterocycles. The molecule has 1 amide bonds. The third-order valence-corrected chi connectivity index (χ3v) is 8.74. The molecule has 0 aliphatic heterocycles. The number of benzene rings is 4. The van der Waals surface area contributed by atoms with Gasteiger partial charge in [0.25, 0.3) is 5.91 Å². The van der Waals surface area contributed by atoms with Gasteiger partial charge in [-0.25, -0.2) is 0 Å². The predicted molar refractivity (Wildman–Crippen MR) is 195 cm³/mol. The molecule has 0 aliphatic carbocycles. The van der Waals surface area contributed by atoms with Crippen LogP contribution in [0.25, 0.3) is 22.3 Å². The van der Waals surface area contributed by atoms with Gasteiger partial charge in [-0.05, 0) is 72.1 Å². The quantitative estimate of drug-likeness (QED) is 0.0799. The van der Waals surface area contributed by atoms with Gasteiger partial charge >= 0.3 is 11.9 Å². The van der Waals surface area contributed by atoms with Crippen molar-refractivity contribution in [3.05, 3.63) is 113 Å². The molecule has 7 nitrogen and oxygen atoms in total. The van der Waals surface area contributed by atoms with Crippen molar-refractivity contribution in [3.63, 3.8) is 0 Å². The van der Waals surface area contributed by atoms with Crippen molar-refractivity contribution in [2.45, 2.75) is 70.6 Å². The van der Waals surface area contributed by atoms with Crippen LogP contribution in [0.4, 0.5) is 0 Å². The van der Waals surface area contributed by atoms with Crippen LogP contribution < -0.4 is 10.1 Å². The maximum atomic E-state index is 13.6. The number of nitrogens with one attached hydrogen (secondary N) is 1. The van der Waals surface area contributed by atoms with Crippen LogP contribution in [0.5, 0.6) is 5.75 Å². The lowest BCUT2D eigenvalue weighted by Gasteiger charge is -2.18. The van der Waals surface area contributed by atoms with Gasteiger partial charge in [-0.3, -0.25) is 14.4 Å². The molecule has 4 rings (SSSR count). The molecule has 0 atom stereocenters. The Morgan fingerprint density at radius 2 is 1.06 bits per heavy atom. The second kappa shape index (κ2) is 19.8. The summed E-state index contributed by atoms with van der Waals surface area (Å²) in [4.78, 5) is 37.2. The molecule has 1 N–H and O–H groups in total. The summed E-state index contributed by atoms with van der Waals surface area (Å²) in [6.07, 6.45) is 9.50. The second-order valence-corrected chi connectivity index (χ2v) is 12.3. The fraction of sp³-hybridized carbons (Fsp3) is 0.357. The van der Waals surface area contributed by atoms with Gasteiger partial charge in [-0.2, -0.15) is 0 Å². The fourth-order valence-electron chi connectivity index (χ4n) is 6.00. The van der Waals surface area contributed by atoms with Gasteiger partial charge in [0.05, 0.1) is 21.3 Å². The number of ether oxygens (including phenoxy) is 3. The first-order valence-corrected chi connectivity index (χ1v) is 17.3. The minimum absolute atomic E-state index is 0.142. The lowest BCUT2D eigenvalue weighted by Crippen LogP contribution is -2.24. The number of methoxy groups -OCH3 is 3. The highest BCUT2D eigenvalue weighted by Crippen LogP contribution is 2.41. The summed E-state index contributed by atoms with van der Waals surface area (Å²) in [5.41, 5.74) is 7.20. The van der Waals surface area contributed by atoms with E-state index in [2.05, 4.69) is 35.6 Å². The molecule has 0 saturated heterocycles. The summed E-state index contributed by atoms with van der Waals surface area (Å²) in [7, 11) is 4.41. The van der Waals surface area contributed by atoms with Crippen molar-refractivity contribution in [2.75, 3.05) is 27.9 Å². The number of hydrogen-bond acceptors (Lipinski definition) is 6. The van der Waals surface area contributed by atoms with Crippen LogP contribution in [0.1, 0.15) is 78.4 Å². The van der Waals surface area contributed by atoms with Crippen LogP contribution in [0.2, 0.25) is 0 Å². The molecular formula is C42H49NO6. The van der Waals surface area contributed by atoms with Crippen molar-refractivity contribution in [3.8, 4) is 28.0 Å². The number of rotatable bonds is 19. The maximum Gasteiger partial charge on any atom is 0.305 e. The Bertz CT molecular complexity index is 1580. The number of carbonyl (C=O) groups excluding carboxylic acids is 3. The van der Waals surface area contributed by atoms with Crippen LogP contribution in [-0.4, -0.2) is 45.7 Å². The van der Waals surface area contributed by atoms with Crippen LogP contribution in [0.15, 0.2) is 91.0 Å². The largest absolute Gasteiger partial charge is 0.495 e. The zero-order chi connectivity index (χ0) is 34.8. The number of carbonyl (C=O) groups is 3. The van der Waals surface area contributed by atoms with Gasteiger partial charge in [0.15, 0.2) is 0 Å². The zero-order valence-electron chi connectivity index (χ0n) is 29.1. The lowest BCUT2D eigenvalue weighted by atomic mass is 9.92. The number of unbranched alkanes of at least 4 members (excludes halogenated alkanes) is 5. The molecule has 49 heavy (non-hydrogen) atoms. The van der Waals surface area contributed by atoms with Crippen molar-refractivity contribution >= 4 is 17.8 Å². The van der Waals surface area contributed by atoms with Gasteiger partial charge in [0.2, 0.25) is 0 Å². The molecule has 0 radical (unpaired) electrons. The first kappa shape index (κ1) is 36.9. The minimum Gasteiger partial charge on any atom is -0.495 e. The number of aryl methyl sites for hydroxylation is 3. The summed E-state index contributed by atoms with van der Waals surface area (Å²) in [6, 6.07) is 30.2. The van der Waals surface area contributed by atoms with E-state index in [-0.39, 0.29) is 30.7 Å². The van der Waals surface area contributed by atoms with E-state index in [0.717, 1.165) is 59.1 Å². The molecule has 0 bridgehead atoms. The molecule has 0 saturated carbocycles. The van der Waals surface area contributed by atoms with E-state index < -0.39 is 0 Å². The van der Waals surface area contributed by atoms with Crippen molar-refractivity contribution in [2.24, 2.45) is 0 Å². The van der Waals surface area contributed by atoms with Crippen LogP contribution >= 0.6 is 0 Å². The van der Waals surface area contributed by atoms with Gasteiger partial charge in [-0.15, -0.1) is 0 Å². The molecule has 258 valence electrons. The van der Waals surface area contributed by atoms with Crippen LogP contribution in [0.3, 0.4) is 0 Å². The summed E-state index contributed by atoms with van der Waals surface area (Å²) in [5, 5.41) is 3.14. The highest BCUT2D eigenvalue weighted by atomic mass is 16.5. The molecule has 4 aromatic rings. The SMILES string of the molecule is COC(=O)CCc1cccc(-c2cc(C(=O)NCCCCCCCCc3ccccc3)cc(-c3cccc(CCC(=O)OC)c3)c2OC)c1. The van der Waals surface area contributed by atoms with Gasteiger partial charge in [-0.1, -0.05) is 105 Å². The molecule has 0 spiro atoms. The van der Waals surface area contributed by atoms with E-state index >= 15 is 0 Å². The summed E-state index contributed by atoms with van der Waals surface area (Å²) >= 11 is 0. The van der Waals surface area contributed by atoms with E-state index in [0.29, 0.717) is 30.7 Å². The average molecular weight is 664 g/mol. The van der Waals surface area contributed by atoms with E-state index in [1.807, 2.05) is 60.7 Å². The van der Waals surface area contributed by atoms with E-state index in [1.165, 1.54) is 39.0 Å². The summed E-state index contributed by atoms with van der Waals surface area (Å²) in [5.74, 6) is -0.0334. The van der Waals surface area contributed by atoms with Crippen LogP contribution in [0, 0.1) is 0 Å². The summed E-state index contributed by atoms with van der Waals surface area (Å²) < 4.78 is 15.7. The van der Waals surface area contributed by atoms with Crippen molar-refractivity contribution in [1.29, 1.82) is 0 Å². The molecular weight excluding hydrogens is 614 g/mol. The lowest BCUT2D eigenvalue weighted by molar-refractivity contribution is -0.141. The average Bonchev–Trinajstić information content (AvgIpc) is 3.15. The fourth-order valence-corrected chi connectivity index (χ4v) is 6.00. The molecule has 0 aliphatic rings. The number of esters is 2. The van der Waals surface area contributed by atoms with Gasteiger partial charge in [0.1, 0.15) is 5.75 Å². The Labute approximate surface area is 291 Å². The predicted octanol–water partition coefficient (Wildman–Crippen LogP) is 8.55.